The maximum atomic E-state index is 13.1. The molecule has 2 amide bonds. The van der Waals surface area contributed by atoms with Crippen LogP contribution in [0.15, 0.2) is 48.5 Å². The summed E-state index contributed by atoms with van der Waals surface area (Å²) in [5.74, 6) is -0.601. The Balaban J connectivity index is 1.40. The Hall–Kier alpha value is -2.82. The third-order valence-electron chi connectivity index (χ3n) is 6.06. The first kappa shape index (κ1) is 19.5. The molecule has 0 saturated carbocycles. The third-order valence-corrected chi connectivity index (χ3v) is 6.06. The molecule has 0 aromatic heterocycles. The van der Waals surface area contributed by atoms with Crippen LogP contribution >= 0.6 is 0 Å². The lowest BCUT2D eigenvalue weighted by Gasteiger charge is -2.25. The highest BCUT2D eigenvalue weighted by molar-refractivity contribution is 6.09. The van der Waals surface area contributed by atoms with Crippen LogP contribution in [0.3, 0.4) is 0 Å². The summed E-state index contributed by atoms with van der Waals surface area (Å²) in [6.45, 7) is 7.85. The van der Waals surface area contributed by atoms with Crippen LogP contribution in [-0.4, -0.2) is 49.4 Å². The molecule has 1 unspecified atom stereocenters. The lowest BCUT2D eigenvalue weighted by atomic mass is 10.1. The Morgan fingerprint density at radius 3 is 2.07 bits per heavy atom. The number of carbonyl (C=O) groups excluding carboxylic acids is 2. The fourth-order valence-corrected chi connectivity index (χ4v) is 4.26. The SMILES string of the molecule is Cc1ccc(N2CCCN(C(=O)C3CCN(c4ccc(C)cc4)C3=O)CC2)cc1. The molecule has 2 heterocycles. The molecular weight excluding hydrogens is 362 g/mol. The molecule has 0 spiro atoms. The largest absolute Gasteiger partial charge is 0.370 e. The maximum Gasteiger partial charge on any atom is 0.239 e. The van der Waals surface area contributed by atoms with E-state index >= 15 is 0 Å². The lowest BCUT2D eigenvalue weighted by molar-refractivity contribution is -0.139. The first-order valence-corrected chi connectivity index (χ1v) is 10.5. The number of anilines is 2. The average molecular weight is 392 g/mol. The molecule has 0 aliphatic carbocycles. The molecule has 152 valence electrons. The van der Waals surface area contributed by atoms with Gasteiger partial charge in [-0.15, -0.1) is 0 Å². The van der Waals surface area contributed by atoms with Crippen molar-refractivity contribution in [1.82, 2.24) is 4.90 Å². The summed E-state index contributed by atoms with van der Waals surface area (Å²) < 4.78 is 0. The van der Waals surface area contributed by atoms with Gasteiger partial charge in [-0.25, -0.2) is 0 Å². The number of benzene rings is 2. The number of nitrogens with zero attached hydrogens (tertiary/aromatic N) is 3. The summed E-state index contributed by atoms with van der Waals surface area (Å²) in [7, 11) is 0. The van der Waals surface area contributed by atoms with E-state index in [0.717, 1.165) is 37.3 Å². The summed E-state index contributed by atoms with van der Waals surface area (Å²) in [5, 5.41) is 0. The average Bonchev–Trinajstić information content (AvgIpc) is 2.95. The minimum Gasteiger partial charge on any atom is -0.370 e. The molecule has 5 nitrogen and oxygen atoms in total. The molecule has 0 radical (unpaired) electrons. The standard InChI is InChI=1S/C24H29N3O2/c1-18-4-8-20(9-5-18)25-13-3-14-26(17-16-25)23(28)22-12-15-27(24(22)29)21-10-6-19(2)7-11-21/h4-11,22H,3,12-17H2,1-2H3. The van der Waals surface area contributed by atoms with E-state index in [9.17, 15) is 9.59 Å². The molecule has 2 aliphatic rings. The van der Waals surface area contributed by atoms with Gasteiger partial charge >= 0.3 is 0 Å². The number of amides is 2. The highest BCUT2D eigenvalue weighted by Crippen LogP contribution is 2.27. The zero-order valence-electron chi connectivity index (χ0n) is 17.3. The summed E-state index contributed by atoms with van der Waals surface area (Å²) in [6, 6.07) is 16.5. The van der Waals surface area contributed by atoms with Gasteiger partial charge in [0.1, 0.15) is 5.92 Å². The van der Waals surface area contributed by atoms with Crippen LogP contribution in [0.2, 0.25) is 0 Å². The molecular formula is C24H29N3O2. The van der Waals surface area contributed by atoms with Crippen molar-refractivity contribution in [2.24, 2.45) is 5.92 Å². The monoisotopic (exact) mass is 391 g/mol. The van der Waals surface area contributed by atoms with Gasteiger partial charge in [0.05, 0.1) is 0 Å². The zero-order chi connectivity index (χ0) is 20.4. The lowest BCUT2D eigenvalue weighted by Crippen LogP contribution is -2.42. The van der Waals surface area contributed by atoms with Crippen LogP contribution in [0.5, 0.6) is 0 Å². The van der Waals surface area contributed by atoms with Crippen LogP contribution in [0.4, 0.5) is 11.4 Å². The van der Waals surface area contributed by atoms with Crippen molar-refractivity contribution in [2.45, 2.75) is 26.7 Å². The second-order valence-corrected chi connectivity index (χ2v) is 8.17. The van der Waals surface area contributed by atoms with Gasteiger partial charge in [-0.05, 0) is 51.0 Å². The van der Waals surface area contributed by atoms with Crippen molar-refractivity contribution < 1.29 is 9.59 Å². The number of hydrogen-bond acceptors (Lipinski definition) is 3. The van der Waals surface area contributed by atoms with Gasteiger partial charge in [-0.2, -0.15) is 0 Å². The predicted octanol–water partition coefficient (Wildman–Crippen LogP) is 3.40. The minimum atomic E-state index is -0.540. The molecule has 4 rings (SSSR count). The zero-order valence-corrected chi connectivity index (χ0v) is 17.3. The molecule has 0 N–H and O–H groups in total. The fourth-order valence-electron chi connectivity index (χ4n) is 4.26. The first-order valence-electron chi connectivity index (χ1n) is 10.5. The van der Waals surface area contributed by atoms with Crippen LogP contribution in [0, 0.1) is 19.8 Å². The van der Waals surface area contributed by atoms with E-state index in [1.54, 1.807) is 4.90 Å². The molecule has 0 bridgehead atoms. The smallest absolute Gasteiger partial charge is 0.239 e. The van der Waals surface area contributed by atoms with Gasteiger partial charge in [-0.1, -0.05) is 35.4 Å². The molecule has 2 saturated heterocycles. The predicted molar refractivity (Wildman–Crippen MR) is 116 cm³/mol. The van der Waals surface area contributed by atoms with E-state index in [0.29, 0.717) is 19.5 Å². The van der Waals surface area contributed by atoms with Gasteiger partial charge in [0.2, 0.25) is 11.8 Å². The van der Waals surface area contributed by atoms with E-state index in [-0.39, 0.29) is 11.8 Å². The van der Waals surface area contributed by atoms with E-state index in [2.05, 4.69) is 36.1 Å². The molecule has 2 aliphatic heterocycles. The Kier molecular flexibility index (Phi) is 5.56. The van der Waals surface area contributed by atoms with Gasteiger partial charge in [-0.3, -0.25) is 9.59 Å². The van der Waals surface area contributed by atoms with Crippen molar-refractivity contribution in [1.29, 1.82) is 0 Å². The molecule has 2 aromatic rings. The van der Waals surface area contributed by atoms with E-state index in [1.165, 1.54) is 11.3 Å². The van der Waals surface area contributed by atoms with E-state index in [4.69, 9.17) is 0 Å². The summed E-state index contributed by atoms with van der Waals surface area (Å²) in [6.07, 6.45) is 1.52. The molecule has 2 aromatic carbocycles. The van der Waals surface area contributed by atoms with Gasteiger partial charge < -0.3 is 14.7 Å². The Labute approximate surface area is 172 Å². The summed E-state index contributed by atoms with van der Waals surface area (Å²) in [5.41, 5.74) is 4.50. The Bertz CT molecular complexity index is 876. The van der Waals surface area contributed by atoms with Gasteiger partial charge in [0.25, 0.3) is 0 Å². The first-order chi connectivity index (χ1) is 14.0. The maximum absolute atomic E-state index is 13.1. The number of rotatable bonds is 3. The highest BCUT2D eigenvalue weighted by Gasteiger charge is 2.39. The fraction of sp³-hybridized carbons (Fsp3) is 0.417. The minimum absolute atomic E-state index is 0.00429. The van der Waals surface area contributed by atoms with Crippen LogP contribution in [0.25, 0.3) is 0 Å². The number of carbonyl (C=O) groups is 2. The van der Waals surface area contributed by atoms with Gasteiger partial charge in [0.15, 0.2) is 0 Å². The molecule has 5 heteroatoms. The van der Waals surface area contributed by atoms with Crippen molar-refractivity contribution in [2.75, 3.05) is 42.5 Å². The van der Waals surface area contributed by atoms with Crippen molar-refractivity contribution in [3.05, 3.63) is 59.7 Å². The van der Waals surface area contributed by atoms with Crippen LogP contribution in [0.1, 0.15) is 24.0 Å². The van der Waals surface area contributed by atoms with E-state index < -0.39 is 5.92 Å². The number of aryl methyl sites for hydroxylation is 2. The topological polar surface area (TPSA) is 43.9 Å². The normalized spacial score (nSPS) is 20.1. The Morgan fingerprint density at radius 1 is 0.793 bits per heavy atom. The van der Waals surface area contributed by atoms with Crippen molar-refractivity contribution in [3.8, 4) is 0 Å². The quantitative estimate of drug-likeness (QED) is 0.754. The van der Waals surface area contributed by atoms with E-state index in [1.807, 2.05) is 36.1 Å². The Morgan fingerprint density at radius 2 is 1.41 bits per heavy atom. The summed E-state index contributed by atoms with van der Waals surface area (Å²) >= 11 is 0. The third kappa shape index (κ3) is 4.14. The molecule has 2 fully saturated rings. The number of hydrogen-bond donors (Lipinski definition) is 0. The summed E-state index contributed by atoms with van der Waals surface area (Å²) in [4.78, 5) is 32.1. The second-order valence-electron chi connectivity index (χ2n) is 8.17. The van der Waals surface area contributed by atoms with Crippen molar-refractivity contribution >= 4 is 23.2 Å². The molecule has 1 atom stereocenters. The van der Waals surface area contributed by atoms with Gasteiger partial charge in [0, 0.05) is 44.1 Å². The van der Waals surface area contributed by atoms with Crippen LogP contribution < -0.4 is 9.80 Å². The second kappa shape index (κ2) is 8.27. The van der Waals surface area contributed by atoms with Crippen LogP contribution in [-0.2, 0) is 9.59 Å². The highest BCUT2D eigenvalue weighted by atomic mass is 16.2. The molecule has 29 heavy (non-hydrogen) atoms. The van der Waals surface area contributed by atoms with Crippen molar-refractivity contribution in [3.63, 3.8) is 0 Å².